The Balaban J connectivity index is 1.52. The van der Waals surface area contributed by atoms with Crippen LogP contribution in [-0.2, 0) is 27.2 Å². The molecule has 318 valence electrons. The highest BCUT2D eigenvalue weighted by Gasteiger charge is 2.35. The lowest BCUT2D eigenvalue weighted by Crippen LogP contribution is -2.38. The van der Waals surface area contributed by atoms with E-state index >= 15 is 0 Å². The van der Waals surface area contributed by atoms with Crippen LogP contribution in [0.15, 0.2) is 48.5 Å². The Labute approximate surface area is 348 Å². The summed E-state index contributed by atoms with van der Waals surface area (Å²) in [6, 6.07) is 10.3. The Morgan fingerprint density at radius 2 is 1.50 bits per heavy atom. The average Bonchev–Trinajstić information content (AvgIpc) is 3.42. The first kappa shape index (κ1) is 43.2. The van der Waals surface area contributed by atoms with E-state index in [9.17, 15) is 55.5 Å². The van der Waals surface area contributed by atoms with Crippen LogP contribution in [0.3, 0.4) is 0 Å². The monoisotopic (exact) mass is 823 g/mol. The minimum absolute atomic E-state index is 0.0383. The number of carboxylic acid groups (broad SMARTS) is 1. The number of ether oxygens (including phenoxy) is 1. The lowest BCUT2D eigenvalue weighted by atomic mass is 9.74. The van der Waals surface area contributed by atoms with Gasteiger partial charge in [-0.2, -0.15) is 0 Å². The maximum Gasteiger partial charge on any atom is 0.345 e. The van der Waals surface area contributed by atoms with E-state index in [1.54, 1.807) is 19.1 Å². The Morgan fingerprint density at radius 3 is 2.17 bits per heavy atom. The Morgan fingerprint density at radius 1 is 0.817 bits per heavy atom. The predicted octanol–water partition coefficient (Wildman–Crippen LogP) is 8.28. The normalized spacial score (nSPS) is 15.8. The zero-order valence-corrected chi connectivity index (χ0v) is 34.0. The number of phenolic OH excluding ortho intramolecular Hbond substituents is 8. The maximum atomic E-state index is 14.0. The number of esters is 1. The van der Waals surface area contributed by atoms with Crippen molar-refractivity contribution in [1.29, 1.82) is 0 Å². The van der Waals surface area contributed by atoms with Crippen molar-refractivity contribution in [2.75, 3.05) is 13.1 Å². The molecule has 0 aromatic heterocycles. The first-order valence-corrected chi connectivity index (χ1v) is 20.5. The van der Waals surface area contributed by atoms with E-state index in [4.69, 9.17) is 4.74 Å². The minimum Gasteiger partial charge on any atom is -0.508 e. The van der Waals surface area contributed by atoms with E-state index in [1.807, 2.05) is 26.0 Å². The summed E-state index contributed by atoms with van der Waals surface area (Å²) in [4.78, 5) is 26.8. The lowest BCUT2D eigenvalue weighted by molar-refractivity contribution is -0.162. The van der Waals surface area contributed by atoms with Crippen molar-refractivity contribution in [3.8, 4) is 57.1 Å². The molecule has 0 saturated heterocycles. The topological polar surface area (TPSA) is 237 Å². The third-order valence-electron chi connectivity index (χ3n) is 11.7. The number of aliphatic carboxylic acids is 1. The molecule has 0 fully saturated rings. The standard InChI is InChI=1S/C47H53NO12/c1-4-7-8-11-25(20-40(54)60-46(47(58)59)34(23-48-6-3)27-18-36(50)44(56)37(51)19-27)31-21-39(53)45(57)41-24(5-2)16-26(17-33(31)41)32-22-38(52)43(55)30-14-9-12-28-29(42(30)32)13-10-15-35(28)49/h10,13,15,17-22,24,34,46,48-53,55-57H,4-9,11-12,14,16,23H2,1-3H3,(H,58,59). The maximum absolute atomic E-state index is 14.0. The summed E-state index contributed by atoms with van der Waals surface area (Å²) < 4.78 is 5.69. The second-order valence-electron chi connectivity index (χ2n) is 15.5. The van der Waals surface area contributed by atoms with Crippen molar-refractivity contribution < 1.29 is 60.3 Å². The van der Waals surface area contributed by atoms with Gasteiger partial charge in [0.25, 0.3) is 0 Å². The third kappa shape index (κ3) is 8.53. The van der Waals surface area contributed by atoms with Crippen LogP contribution in [0.2, 0.25) is 0 Å². The first-order chi connectivity index (χ1) is 28.7. The van der Waals surface area contributed by atoms with Gasteiger partial charge in [0.1, 0.15) is 5.75 Å². The van der Waals surface area contributed by atoms with Crippen LogP contribution in [0, 0.1) is 0 Å². The minimum atomic E-state index is -1.81. The fourth-order valence-corrected chi connectivity index (χ4v) is 8.69. The Bertz CT molecular complexity index is 2340. The second kappa shape index (κ2) is 18.3. The summed E-state index contributed by atoms with van der Waals surface area (Å²) in [5, 5.41) is 99.7. The number of carbonyl (C=O) groups excluding carboxylic acids is 1. The number of likely N-dealkylation sites (N-methyl/N-ethyl adjacent to an activating group) is 1. The van der Waals surface area contributed by atoms with Crippen LogP contribution in [0.25, 0.3) is 28.3 Å². The smallest absolute Gasteiger partial charge is 0.345 e. The molecule has 0 radical (unpaired) electrons. The van der Waals surface area contributed by atoms with Gasteiger partial charge in [0, 0.05) is 35.2 Å². The van der Waals surface area contributed by atoms with Crippen LogP contribution < -0.4 is 5.32 Å². The molecule has 3 atom stereocenters. The number of carbonyl (C=O) groups is 2. The zero-order valence-electron chi connectivity index (χ0n) is 34.0. The molecule has 0 amide bonds. The molecular formula is C47H53NO12. The fourth-order valence-electron chi connectivity index (χ4n) is 8.69. The molecule has 0 aliphatic heterocycles. The summed E-state index contributed by atoms with van der Waals surface area (Å²) in [7, 11) is 0. The third-order valence-corrected chi connectivity index (χ3v) is 11.7. The summed E-state index contributed by atoms with van der Waals surface area (Å²) in [5.41, 5.74) is 5.90. The Kier molecular flexibility index (Phi) is 13.2. The number of benzene rings is 4. The Hall–Kier alpha value is -6.34. The van der Waals surface area contributed by atoms with Crippen molar-refractivity contribution in [3.05, 3.63) is 87.5 Å². The number of phenols is 8. The number of rotatable bonds is 15. The molecule has 2 aliphatic carbocycles. The number of hydrogen-bond donors (Lipinski definition) is 10. The molecule has 3 unspecified atom stereocenters. The zero-order chi connectivity index (χ0) is 43.4. The number of unbranched alkanes of at least 4 members (excludes halogenated alkanes) is 2. The van der Waals surface area contributed by atoms with E-state index in [1.165, 1.54) is 18.2 Å². The number of carboxylic acids is 1. The van der Waals surface area contributed by atoms with Gasteiger partial charge in [-0.1, -0.05) is 51.8 Å². The van der Waals surface area contributed by atoms with E-state index < -0.39 is 47.0 Å². The van der Waals surface area contributed by atoms with Gasteiger partial charge < -0.3 is 56.0 Å². The molecule has 10 N–H and O–H groups in total. The number of nitrogens with one attached hydrogen (secondary N) is 1. The number of allylic oxidation sites excluding steroid dienone is 2. The van der Waals surface area contributed by atoms with Gasteiger partial charge >= 0.3 is 11.9 Å². The van der Waals surface area contributed by atoms with Crippen molar-refractivity contribution in [2.24, 2.45) is 0 Å². The summed E-state index contributed by atoms with van der Waals surface area (Å²) in [6.07, 6.45) is 6.25. The molecule has 13 nitrogen and oxygen atoms in total. The van der Waals surface area contributed by atoms with Gasteiger partial charge in [-0.25, -0.2) is 9.59 Å². The fraction of sp³-hybridized carbons (Fsp3) is 0.362. The van der Waals surface area contributed by atoms with Gasteiger partial charge in [-0.3, -0.25) is 0 Å². The molecule has 6 rings (SSSR count). The second-order valence-corrected chi connectivity index (χ2v) is 15.5. The van der Waals surface area contributed by atoms with Crippen LogP contribution in [0.1, 0.15) is 116 Å². The SMILES string of the molecule is CCCCCC(=CC(=O)OC(C(=O)O)C(CNCC)c1cc(O)c(O)c(O)c1)c1cc(O)c(O)c2c1C=C(c1cc(O)c(O)c3c1-c1cccc(O)c1CCC3)CC2CC. The quantitative estimate of drug-likeness (QED) is 0.0235. The highest BCUT2D eigenvalue weighted by Crippen LogP contribution is 2.54. The average molecular weight is 824 g/mol. The molecule has 0 saturated carbocycles. The summed E-state index contributed by atoms with van der Waals surface area (Å²) in [5.74, 6) is -7.26. The number of fused-ring (bicyclic) bond motifs is 4. The van der Waals surface area contributed by atoms with Gasteiger partial charge in [-0.15, -0.1) is 0 Å². The molecule has 0 heterocycles. The van der Waals surface area contributed by atoms with Crippen molar-refractivity contribution in [3.63, 3.8) is 0 Å². The number of aromatic hydroxyl groups is 8. The summed E-state index contributed by atoms with van der Waals surface area (Å²) in [6.45, 7) is 6.13. The van der Waals surface area contributed by atoms with Crippen LogP contribution in [0.4, 0.5) is 0 Å². The largest absolute Gasteiger partial charge is 0.508 e. The molecular weight excluding hydrogens is 771 g/mol. The van der Waals surface area contributed by atoms with Gasteiger partial charge in [0.2, 0.25) is 6.10 Å². The van der Waals surface area contributed by atoms with Gasteiger partial charge in [-0.05, 0) is 132 Å². The summed E-state index contributed by atoms with van der Waals surface area (Å²) >= 11 is 0. The van der Waals surface area contributed by atoms with Gasteiger partial charge in [0.05, 0.1) is 0 Å². The van der Waals surface area contributed by atoms with Crippen LogP contribution in [-0.4, -0.2) is 77.1 Å². The highest BCUT2D eigenvalue weighted by atomic mass is 16.6. The van der Waals surface area contributed by atoms with Crippen molar-refractivity contribution >= 4 is 29.2 Å². The molecule has 0 bridgehead atoms. The van der Waals surface area contributed by atoms with Gasteiger partial charge in [0.15, 0.2) is 40.2 Å². The highest BCUT2D eigenvalue weighted by molar-refractivity contribution is 6.00. The van der Waals surface area contributed by atoms with Crippen molar-refractivity contribution in [2.45, 2.75) is 96.5 Å². The predicted molar refractivity (Wildman–Crippen MR) is 227 cm³/mol. The lowest BCUT2D eigenvalue weighted by Gasteiger charge is -2.30. The van der Waals surface area contributed by atoms with Crippen molar-refractivity contribution in [1.82, 2.24) is 5.32 Å². The molecule has 0 spiro atoms. The van der Waals surface area contributed by atoms with E-state index in [0.717, 1.165) is 41.7 Å². The molecule has 4 aromatic carbocycles. The molecule has 13 heteroatoms. The van der Waals surface area contributed by atoms with E-state index in [2.05, 4.69) is 5.32 Å². The van der Waals surface area contributed by atoms with E-state index in [0.29, 0.717) is 90.4 Å². The molecule has 60 heavy (non-hydrogen) atoms. The molecule has 4 aromatic rings. The first-order valence-electron chi connectivity index (χ1n) is 20.5. The van der Waals surface area contributed by atoms with E-state index in [-0.39, 0.29) is 41.0 Å². The number of hydrogen-bond acceptors (Lipinski definition) is 12. The van der Waals surface area contributed by atoms with Crippen LogP contribution in [0.5, 0.6) is 46.0 Å². The van der Waals surface area contributed by atoms with Crippen LogP contribution >= 0.6 is 0 Å². The molecule has 2 aliphatic rings.